The van der Waals surface area contributed by atoms with E-state index in [0.717, 1.165) is 63.2 Å². The molecule has 1 fully saturated rings. The molecule has 160 valence electrons. The van der Waals surface area contributed by atoms with Gasteiger partial charge in [-0.25, -0.2) is 0 Å². The number of benzene rings is 1. The average Bonchev–Trinajstić information content (AvgIpc) is 3.11. The van der Waals surface area contributed by atoms with Crippen LogP contribution in [0.3, 0.4) is 0 Å². The van der Waals surface area contributed by atoms with Crippen LogP contribution in [0.25, 0.3) is 5.57 Å². The molecule has 0 amide bonds. The number of rotatable bonds is 10. The second-order valence-electron chi connectivity index (χ2n) is 8.49. The molecule has 1 aliphatic carbocycles. The topological polar surface area (TPSA) is 41.9 Å². The number of alkyl halides is 1. The van der Waals surface area contributed by atoms with Crippen molar-refractivity contribution in [3.8, 4) is 5.75 Å². The maximum atomic E-state index is 9.65. The van der Waals surface area contributed by atoms with Crippen LogP contribution in [0.4, 0.5) is 0 Å². The van der Waals surface area contributed by atoms with Crippen LogP contribution < -0.4 is 4.74 Å². The summed E-state index contributed by atoms with van der Waals surface area (Å²) in [6.07, 6.45) is 9.25. The normalized spacial score (nSPS) is 23.9. The fraction of sp³-hybridized carbons (Fsp3) is 0.583. The van der Waals surface area contributed by atoms with Gasteiger partial charge in [0.05, 0.1) is 18.8 Å². The van der Waals surface area contributed by atoms with Gasteiger partial charge in [0.15, 0.2) is 0 Å². The van der Waals surface area contributed by atoms with Crippen molar-refractivity contribution in [2.24, 2.45) is 5.41 Å². The van der Waals surface area contributed by atoms with E-state index in [2.05, 4.69) is 71.1 Å². The molecule has 3 rings (SSSR count). The van der Waals surface area contributed by atoms with Gasteiger partial charge >= 0.3 is 0 Å². The van der Waals surface area contributed by atoms with Crippen LogP contribution in [-0.4, -0.2) is 60.4 Å². The maximum Gasteiger partial charge on any atom is 0.119 e. The molecular formula is C24H34BrNO3. The highest BCUT2D eigenvalue weighted by Gasteiger charge is 2.35. The number of halogens is 1. The first-order valence-electron chi connectivity index (χ1n) is 10.7. The largest absolute Gasteiger partial charge is 0.494 e. The van der Waals surface area contributed by atoms with Crippen LogP contribution >= 0.6 is 15.9 Å². The predicted octanol–water partition coefficient (Wildman–Crippen LogP) is 4.67. The Morgan fingerprint density at radius 2 is 2.10 bits per heavy atom. The molecule has 1 N–H and O–H groups in total. The molecular weight excluding hydrogens is 430 g/mol. The first-order valence-corrected chi connectivity index (χ1v) is 11.8. The van der Waals surface area contributed by atoms with E-state index in [0.29, 0.717) is 0 Å². The highest BCUT2D eigenvalue weighted by molar-refractivity contribution is 9.09. The molecule has 5 heteroatoms. The van der Waals surface area contributed by atoms with E-state index in [1.165, 1.54) is 11.1 Å². The minimum Gasteiger partial charge on any atom is -0.494 e. The van der Waals surface area contributed by atoms with Gasteiger partial charge in [0.2, 0.25) is 0 Å². The molecule has 0 aromatic heterocycles. The third-order valence-electron chi connectivity index (χ3n) is 5.81. The third-order valence-corrected chi connectivity index (χ3v) is 6.37. The maximum absolute atomic E-state index is 9.65. The second kappa shape index (κ2) is 10.8. The monoisotopic (exact) mass is 463 g/mol. The Balaban J connectivity index is 1.56. The standard InChI is InChI=1S/C24H34BrNO3/c1-24(2)22(19-7-3-8-21(17-19)28-15-5-12-25)9-4-10-23(24)29-16-6-13-26-14-11-20(27)18-26/h3-4,7-10,17,20,23,27H,5-6,11-16,18H2,1-2H3/t20-,23?/m1/s1. The van der Waals surface area contributed by atoms with Gasteiger partial charge in [0.25, 0.3) is 0 Å². The van der Waals surface area contributed by atoms with Gasteiger partial charge in [-0.3, -0.25) is 0 Å². The van der Waals surface area contributed by atoms with Gasteiger partial charge in [-0.2, -0.15) is 0 Å². The van der Waals surface area contributed by atoms with Crippen LogP contribution in [0, 0.1) is 5.41 Å². The number of ether oxygens (including phenoxy) is 2. The summed E-state index contributed by atoms with van der Waals surface area (Å²) in [6, 6.07) is 8.37. The SMILES string of the molecule is CC1(C)C(c2cccc(OCCCBr)c2)=CC=CC1OCCCN1CC[C@@H](O)C1. The highest BCUT2D eigenvalue weighted by Crippen LogP contribution is 2.42. The molecule has 2 aliphatic rings. The number of aliphatic hydroxyl groups is 1. The van der Waals surface area contributed by atoms with E-state index in [1.54, 1.807) is 0 Å². The molecule has 0 bridgehead atoms. The van der Waals surface area contributed by atoms with E-state index in [-0.39, 0.29) is 17.6 Å². The van der Waals surface area contributed by atoms with Crippen molar-refractivity contribution in [3.63, 3.8) is 0 Å². The molecule has 0 saturated carbocycles. The Labute approximate surface area is 183 Å². The summed E-state index contributed by atoms with van der Waals surface area (Å²) in [6.45, 7) is 8.74. The van der Waals surface area contributed by atoms with Gasteiger partial charge in [-0.05, 0) is 42.5 Å². The number of allylic oxidation sites excluding steroid dienone is 2. The van der Waals surface area contributed by atoms with Crippen molar-refractivity contribution >= 4 is 21.5 Å². The van der Waals surface area contributed by atoms with E-state index in [9.17, 15) is 5.11 Å². The molecule has 4 nitrogen and oxygen atoms in total. The summed E-state index contributed by atoms with van der Waals surface area (Å²) in [4.78, 5) is 2.32. The Morgan fingerprint density at radius 3 is 2.86 bits per heavy atom. The summed E-state index contributed by atoms with van der Waals surface area (Å²) in [5.41, 5.74) is 2.35. The summed E-state index contributed by atoms with van der Waals surface area (Å²) < 4.78 is 12.2. The van der Waals surface area contributed by atoms with Gasteiger partial charge < -0.3 is 19.5 Å². The second-order valence-corrected chi connectivity index (χ2v) is 9.29. The molecule has 1 aromatic rings. The molecule has 1 unspecified atom stereocenters. The molecule has 1 aromatic carbocycles. The van der Waals surface area contributed by atoms with E-state index in [1.807, 2.05) is 6.07 Å². The van der Waals surface area contributed by atoms with Crippen molar-refractivity contribution in [2.45, 2.75) is 45.3 Å². The molecule has 2 atom stereocenters. The Morgan fingerprint density at radius 1 is 1.24 bits per heavy atom. The number of aliphatic hydroxyl groups excluding tert-OH is 1. The Kier molecular flexibility index (Phi) is 8.36. The van der Waals surface area contributed by atoms with Gasteiger partial charge in [-0.15, -0.1) is 0 Å². The predicted molar refractivity (Wildman–Crippen MR) is 123 cm³/mol. The van der Waals surface area contributed by atoms with Gasteiger partial charge in [0.1, 0.15) is 5.75 Å². The zero-order chi connectivity index (χ0) is 20.7. The first-order chi connectivity index (χ1) is 14.0. The molecule has 0 radical (unpaired) electrons. The highest BCUT2D eigenvalue weighted by atomic mass is 79.9. The van der Waals surface area contributed by atoms with Gasteiger partial charge in [0, 0.05) is 37.0 Å². The van der Waals surface area contributed by atoms with Crippen LogP contribution in [-0.2, 0) is 4.74 Å². The van der Waals surface area contributed by atoms with Crippen molar-refractivity contribution in [1.29, 1.82) is 0 Å². The lowest BCUT2D eigenvalue weighted by Gasteiger charge is -2.37. The number of hydrogen-bond acceptors (Lipinski definition) is 4. The van der Waals surface area contributed by atoms with Crippen LogP contribution in [0.1, 0.15) is 38.7 Å². The van der Waals surface area contributed by atoms with Crippen molar-refractivity contribution < 1.29 is 14.6 Å². The number of β-amino-alcohol motifs (C(OH)–C–C–N with tert-alkyl or cyclic N) is 1. The van der Waals surface area contributed by atoms with Crippen LogP contribution in [0.15, 0.2) is 42.5 Å². The van der Waals surface area contributed by atoms with E-state index >= 15 is 0 Å². The molecule has 0 spiro atoms. The zero-order valence-corrected chi connectivity index (χ0v) is 19.2. The van der Waals surface area contributed by atoms with Gasteiger partial charge in [-0.1, -0.05) is 60.1 Å². The lowest BCUT2D eigenvalue weighted by atomic mass is 9.73. The Bertz CT molecular complexity index is 716. The third kappa shape index (κ3) is 6.17. The average molecular weight is 464 g/mol. The zero-order valence-electron chi connectivity index (χ0n) is 17.6. The minimum atomic E-state index is -0.150. The first kappa shape index (κ1) is 22.5. The van der Waals surface area contributed by atoms with Crippen molar-refractivity contribution in [3.05, 3.63) is 48.1 Å². The van der Waals surface area contributed by atoms with E-state index < -0.39 is 0 Å². The summed E-state index contributed by atoms with van der Waals surface area (Å²) in [5.74, 6) is 0.917. The summed E-state index contributed by atoms with van der Waals surface area (Å²) >= 11 is 3.44. The molecule has 1 aliphatic heterocycles. The molecule has 29 heavy (non-hydrogen) atoms. The van der Waals surface area contributed by atoms with Crippen molar-refractivity contribution in [2.75, 3.05) is 38.2 Å². The van der Waals surface area contributed by atoms with Crippen LogP contribution in [0.5, 0.6) is 5.75 Å². The molecule has 1 saturated heterocycles. The van der Waals surface area contributed by atoms with E-state index in [4.69, 9.17) is 9.47 Å². The smallest absolute Gasteiger partial charge is 0.119 e. The quantitative estimate of drug-likeness (QED) is 0.404. The van der Waals surface area contributed by atoms with Crippen molar-refractivity contribution in [1.82, 2.24) is 4.90 Å². The lowest BCUT2D eigenvalue weighted by molar-refractivity contribution is 0.0258. The number of hydrogen-bond donors (Lipinski definition) is 1. The summed E-state index contributed by atoms with van der Waals surface area (Å²) in [5, 5.41) is 10.6. The Hall–Kier alpha value is -1.14. The number of likely N-dealkylation sites (tertiary alicyclic amines) is 1. The van der Waals surface area contributed by atoms with Crippen LogP contribution in [0.2, 0.25) is 0 Å². The summed E-state index contributed by atoms with van der Waals surface area (Å²) in [7, 11) is 0. The number of nitrogens with zero attached hydrogens (tertiary/aromatic N) is 1. The fourth-order valence-electron chi connectivity index (χ4n) is 4.11. The lowest BCUT2D eigenvalue weighted by Crippen LogP contribution is -2.34. The minimum absolute atomic E-state index is 0.0460. The molecule has 1 heterocycles. The fourth-order valence-corrected chi connectivity index (χ4v) is 4.33.